The predicted molar refractivity (Wildman–Crippen MR) is 101 cm³/mol. The lowest BCUT2D eigenvalue weighted by Crippen LogP contribution is -2.23. The van der Waals surface area contributed by atoms with E-state index in [0.29, 0.717) is 12.2 Å². The van der Waals surface area contributed by atoms with Crippen LogP contribution in [0.4, 0.5) is 0 Å². The number of rotatable bonds is 4. The number of H-pyrrole nitrogens is 1. The molecule has 5 heteroatoms. The van der Waals surface area contributed by atoms with E-state index >= 15 is 0 Å². The van der Waals surface area contributed by atoms with Crippen molar-refractivity contribution in [3.05, 3.63) is 65.5 Å². The highest BCUT2D eigenvalue weighted by Crippen LogP contribution is 2.31. The molecule has 0 radical (unpaired) electrons. The van der Waals surface area contributed by atoms with Crippen molar-refractivity contribution in [2.75, 3.05) is 13.2 Å². The van der Waals surface area contributed by atoms with Crippen LogP contribution in [0.15, 0.2) is 48.8 Å². The van der Waals surface area contributed by atoms with Crippen LogP contribution >= 0.6 is 0 Å². The molecule has 0 amide bonds. The SMILES string of the molecule is CCOC(=O)c1cc(-c2ccncc2)[nH]c1-c1ccc2c(c1)CNCC2. The molecule has 0 saturated heterocycles. The highest BCUT2D eigenvalue weighted by molar-refractivity contribution is 5.98. The number of pyridine rings is 1. The second kappa shape index (κ2) is 7.14. The third-order valence-corrected chi connectivity index (χ3v) is 4.69. The number of carbonyl (C=O) groups excluding carboxylic acids is 1. The Morgan fingerprint density at radius 3 is 2.77 bits per heavy atom. The molecular weight excluding hydrogens is 326 g/mol. The quantitative estimate of drug-likeness (QED) is 0.708. The van der Waals surface area contributed by atoms with Crippen LogP contribution in [0.3, 0.4) is 0 Å². The third kappa shape index (κ3) is 3.13. The smallest absolute Gasteiger partial charge is 0.340 e. The van der Waals surface area contributed by atoms with Gasteiger partial charge in [-0.2, -0.15) is 0 Å². The molecule has 2 N–H and O–H groups in total. The van der Waals surface area contributed by atoms with Crippen molar-refractivity contribution in [3.8, 4) is 22.5 Å². The Balaban J connectivity index is 1.81. The number of benzene rings is 1. The summed E-state index contributed by atoms with van der Waals surface area (Å²) < 4.78 is 5.27. The second-order valence-electron chi connectivity index (χ2n) is 6.34. The van der Waals surface area contributed by atoms with Crippen molar-refractivity contribution >= 4 is 5.97 Å². The summed E-state index contributed by atoms with van der Waals surface area (Å²) >= 11 is 0. The lowest BCUT2D eigenvalue weighted by Gasteiger charge is -2.18. The van der Waals surface area contributed by atoms with Gasteiger partial charge in [0.15, 0.2) is 0 Å². The number of hydrogen-bond acceptors (Lipinski definition) is 4. The van der Waals surface area contributed by atoms with Crippen LogP contribution in [0.1, 0.15) is 28.4 Å². The topological polar surface area (TPSA) is 67.0 Å². The predicted octanol–water partition coefficient (Wildman–Crippen LogP) is 3.57. The van der Waals surface area contributed by atoms with E-state index in [9.17, 15) is 4.79 Å². The summed E-state index contributed by atoms with van der Waals surface area (Å²) in [7, 11) is 0. The van der Waals surface area contributed by atoms with Crippen LogP contribution in [0.2, 0.25) is 0 Å². The second-order valence-corrected chi connectivity index (χ2v) is 6.34. The Morgan fingerprint density at radius 2 is 1.96 bits per heavy atom. The Morgan fingerprint density at radius 1 is 1.12 bits per heavy atom. The molecule has 4 rings (SSSR count). The Bertz CT molecular complexity index is 932. The number of ether oxygens (including phenoxy) is 1. The maximum atomic E-state index is 12.5. The van der Waals surface area contributed by atoms with E-state index in [4.69, 9.17) is 4.74 Å². The average Bonchev–Trinajstić information content (AvgIpc) is 3.14. The first-order chi connectivity index (χ1) is 12.8. The van der Waals surface area contributed by atoms with E-state index in [2.05, 4.69) is 33.5 Å². The first kappa shape index (κ1) is 16.5. The minimum absolute atomic E-state index is 0.310. The van der Waals surface area contributed by atoms with Crippen LogP contribution in [0.5, 0.6) is 0 Å². The van der Waals surface area contributed by atoms with Gasteiger partial charge < -0.3 is 15.0 Å². The number of aromatic nitrogens is 2. The summed E-state index contributed by atoms with van der Waals surface area (Å²) in [5.41, 5.74) is 6.86. The minimum atomic E-state index is -0.310. The van der Waals surface area contributed by atoms with Gasteiger partial charge in [-0.25, -0.2) is 4.79 Å². The van der Waals surface area contributed by atoms with E-state index in [-0.39, 0.29) is 5.97 Å². The van der Waals surface area contributed by atoms with E-state index in [1.165, 1.54) is 11.1 Å². The molecule has 0 bridgehead atoms. The number of esters is 1. The third-order valence-electron chi connectivity index (χ3n) is 4.69. The fourth-order valence-electron chi connectivity index (χ4n) is 3.38. The van der Waals surface area contributed by atoms with Crippen LogP contribution in [-0.4, -0.2) is 29.1 Å². The Labute approximate surface area is 152 Å². The average molecular weight is 347 g/mol. The molecule has 0 saturated carbocycles. The number of nitrogens with zero attached hydrogens (tertiary/aromatic N) is 1. The normalized spacial score (nSPS) is 13.3. The van der Waals surface area contributed by atoms with Gasteiger partial charge in [0.05, 0.1) is 17.9 Å². The van der Waals surface area contributed by atoms with Crippen molar-refractivity contribution < 1.29 is 9.53 Å². The van der Waals surface area contributed by atoms with Crippen molar-refractivity contribution in [3.63, 3.8) is 0 Å². The van der Waals surface area contributed by atoms with Gasteiger partial charge in [0.2, 0.25) is 0 Å². The molecular formula is C21H21N3O2. The first-order valence-electron chi connectivity index (χ1n) is 8.89. The summed E-state index contributed by atoms with van der Waals surface area (Å²) in [6, 6.07) is 12.1. The zero-order chi connectivity index (χ0) is 17.9. The number of carbonyl (C=O) groups is 1. The van der Waals surface area contributed by atoms with Crippen LogP contribution < -0.4 is 5.32 Å². The van der Waals surface area contributed by atoms with Gasteiger partial charge in [-0.3, -0.25) is 4.98 Å². The highest BCUT2D eigenvalue weighted by atomic mass is 16.5. The van der Waals surface area contributed by atoms with Crippen molar-refractivity contribution in [2.24, 2.45) is 0 Å². The van der Waals surface area contributed by atoms with Gasteiger partial charge in [0, 0.05) is 30.2 Å². The zero-order valence-corrected chi connectivity index (χ0v) is 14.7. The largest absolute Gasteiger partial charge is 0.462 e. The molecule has 132 valence electrons. The minimum Gasteiger partial charge on any atom is -0.462 e. The molecule has 0 atom stereocenters. The number of nitrogens with one attached hydrogen (secondary N) is 2. The molecule has 1 aromatic carbocycles. The molecule has 3 aromatic rings. The molecule has 0 unspecified atom stereocenters. The van der Waals surface area contributed by atoms with Gasteiger partial charge in [-0.05, 0) is 60.8 Å². The van der Waals surface area contributed by atoms with Gasteiger partial charge >= 0.3 is 5.97 Å². The summed E-state index contributed by atoms with van der Waals surface area (Å²) in [6.45, 7) is 4.03. The van der Waals surface area contributed by atoms with Gasteiger partial charge in [-0.15, -0.1) is 0 Å². The summed E-state index contributed by atoms with van der Waals surface area (Å²) in [4.78, 5) is 20.0. The van der Waals surface area contributed by atoms with Crippen molar-refractivity contribution in [1.82, 2.24) is 15.3 Å². The van der Waals surface area contributed by atoms with Gasteiger partial charge in [0.1, 0.15) is 0 Å². The van der Waals surface area contributed by atoms with Crippen LogP contribution in [-0.2, 0) is 17.7 Å². The maximum absolute atomic E-state index is 12.5. The molecule has 0 fully saturated rings. The fraction of sp³-hybridized carbons (Fsp3) is 0.238. The van der Waals surface area contributed by atoms with Gasteiger partial charge in [0.25, 0.3) is 0 Å². The molecule has 1 aliphatic heterocycles. The zero-order valence-electron chi connectivity index (χ0n) is 14.7. The van der Waals surface area contributed by atoms with Crippen LogP contribution in [0.25, 0.3) is 22.5 Å². The fourth-order valence-corrected chi connectivity index (χ4v) is 3.38. The van der Waals surface area contributed by atoms with Crippen molar-refractivity contribution in [1.29, 1.82) is 0 Å². The summed E-state index contributed by atoms with van der Waals surface area (Å²) in [5.74, 6) is -0.310. The monoisotopic (exact) mass is 347 g/mol. The van der Waals surface area contributed by atoms with E-state index in [1.807, 2.05) is 25.1 Å². The van der Waals surface area contributed by atoms with Crippen molar-refractivity contribution in [2.45, 2.75) is 19.9 Å². The lowest BCUT2D eigenvalue weighted by atomic mass is 9.96. The summed E-state index contributed by atoms with van der Waals surface area (Å²) in [5, 5.41) is 3.40. The van der Waals surface area contributed by atoms with E-state index in [0.717, 1.165) is 42.0 Å². The Hall–Kier alpha value is -2.92. The Kier molecular flexibility index (Phi) is 4.54. The highest BCUT2D eigenvalue weighted by Gasteiger charge is 2.20. The molecule has 5 nitrogen and oxygen atoms in total. The maximum Gasteiger partial charge on any atom is 0.340 e. The lowest BCUT2D eigenvalue weighted by molar-refractivity contribution is 0.0527. The summed E-state index contributed by atoms with van der Waals surface area (Å²) in [6.07, 6.45) is 4.52. The molecule has 0 aliphatic carbocycles. The standard InChI is InChI=1S/C21H21N3O2/c1-2-26-21(25)18-12-19(15-6-8-22-9-7-15)24-20(18)16-4-3-14-5-10-23-13-17(14)11-16/h3-4,6-9,11-12,23-24H,2,5,10,13H2,1H3. The first-order valence-corrected chi connectivity index (χ1v) is 8.89. The van der Waals surface area contributed by atoms with E-state index < -0.39 is 0 Å². The molecule has 26 heavy (non-hydrogen) atoms. The van der Waals surface area contributed by atoms with E-state index in [1.54, 1.807) is 12.4 Å². The molecule has 0 spiro atoms. The molecule has 2 aromatic heterocycles. The number of fused-ring (bicyclic) bond motifs is 1. The molecule has 3 heterocycles. The molecule has 1 aliphatic rings. The number of hydrogen-bond donors (Lipinski definition) is 2. The number of aromatic amines is 1. The van der Waals surface area contributed by atoms with Gasteiger partial charge in [-0.1, -0.05) is 12.1 Å². The van der Waals surface area contributed by atoms with Crippen LogP contribution in [0, 0.1) is 0 Å².